The van der Waals surface area contributed by atoms with Crippen LogP contribution in [0, 0.1) is 11.3 Å². The summed E-state index contributed by atoms with van der Waals surface area (Å²) in [7, 11) is 0. The number of hydrogen-bond acceptors (Lipinski definition) is 4. The van der Waals surface area contributed by atoms with Crippen LogP contribution in [0.1, 0.15) is 18.2 Å². The number of hydrogen-bond donors (Lipinski definition) is 0. The molecule has 0 fully saturated rings. The Kier molecular flexibility index (Phi) is 4.07. The van der Waals surface area contributed by atoms with Gasteiger partial charge < -0.3 is 4.74 Å². The lowest BCUT2D eigenvalue weighted by Gasteiger charge is -2.03. The summed E-state index contributed by atoms with van der Waals surface area (Å²) in [6.45, 7) is 2.07. The molecular formula is C10H9ClN2O2. The molecule has 0 N–H and O–H groups in total. The maximum absolute atomic E-state index is 11.1. The largest absolute Gasteiger partial charge is 0.466 e. The molecule has 1 heterocycles. The van der Waals surface area contributed by atoms with Crippen molar-refractivity contribution in [2.24, 2.45) is 0 Å². The minimum atomic E-state index is -0.356. The van der Waals surface area contributed by atoms with E-state index in [2.05, 4.69) is 4.98 Å². The van der Waals surface area contributed by atoms with Crippen LogP contribution in [0.2, 0.25) is 5.15 Å². The third-order valence-corrected chi connectivity index (χ3v) is 2.01. The van der Waals surface area contributed by atoms with Crippen molar-refractivity contribution in [3.8, 4) is 6.07 Å². The van der Waals surface area contributed by atoms with Gasteiger partial charge in [-0.2, -0.15) is 5.26 Å². The lowest BCUT2D eigenvalue weighted by atomic mass is 10.2. The Bertz CT molecular complexity index is 412. The molecule has 0 saturated heterocycles. The van der Waals surface area contributed by atoms with Gasteiger partial charge in [-0.15, -0.1) is 0 Å². The van der Waals surface area contributed by atoms with Gasteiger partial charge in [-0.3, -0.25) is 4.79 Å². The van der Waals surface area contributed by atoms with Gasteiger partial charge >= 0.3 is 5.97 Å². The summed E-state index contributed by atoms with van der Waals surface area (Å²) in [5.41, 5.74) is 0.793. The van der Waals surface area contributed by atoms with Crippen LogP contribution < -0.4 is 0 Å². The molecule has 4 nitrogen and oxygen atoms in total. The van der Waals surface area contributed by atoms with Gasteiger partial charge in [0.2, 0.25) is 0 Å². The van der Waals surface area contributed by atoms with Crippen LogP contribution in [-0.4, -0.2) is 17.6 Å². The van der Waals surface area contributed by atoms with Crippen molar-refractivity contribution in [2.45, 2.75) is 13.3 Å². The van der Waals surface area contributed by atoms with Crippen molar-refractivity contribution < 1.29 is 9.53 Å². The van der Waals surface area contributed by atoms with Gasteiger partial charge in [0.1, 0.15) is 16.9 Å². The molecule has 1 aromatic heterocycles. The van der Waals surface area contributed by atoms with Crippen LogP contribution in [0.4, 0.5) is 0 Å². The molecular weight excluding hydrogens is 216 g/mol. The number of esters is 1. The number of nitrogens with zero attached hydrogens (tertiary/aromatic N) is 2. The fraction of sp³-hybridized carbons (Fsp3) is 0.300. The van der Waals surface area contributed by atoms with Gasteiger partial charge in [-0.05, 0) is 13.0 Å². The van der Waals surface area contributed by atoms with Gasteiger partial charge in [0.25, 0.3) is 0 Å². The average molecular weight is 225 g/mol. The predicted octanol–water partition coefficient (Wildman–Crippen LogP) is 1.71. The van der Waals surface area contributed by atoms with Crippen LogP contribution in [-0.2, 0) is 16.0 Å². The van der Waals surface area contributed by atoms with E-state index in [-0.39, 0.29) is 23.2 Å². The summed E-state index contributed by atoms with van der Waals surface area (Å²) in [5, 5.41) is 8.72. The number of aromatic nitrogens is 1. The first-order valence-electron chi connectivity index (χ1n) is 4.38. The molecule has 0 atom stereocenters. The van der Waals surface area contributed by atoms with E-state index >= 15 is 0 Å². The second-order valence-corrected chi connectivity index (χ2v) is 3.10. The quantitative estimate of drug-likeness (QED) is 0.579. The molecule has 1 aromatic rings. The fourth-order valence-corrected chi connectivity index (χ4v) is 1.25. The highest BCUT2D eigenvalue weighted by molar-refractivity contribution is 6.30. The number of rotatable bonds is 3. The number of ether oxygens (including phenoxy) is 1. The Hall–Kier alpha value is -1.60. The third kappa shape index (κ3) is 3.22. The zero-order valence-corrected chi connectivity index (χ0v) is 8.91. The number of nitriles is 1. The standard InChI is InChI=1S/C10H9ClN2O2/c1-2-15-9(14)5-7-3-4-8(6-12)13-10(7)11/h3-4H,2,5H2,1H3. The predicted molar refractivity (Wildman–Crippen MR) is 54.3 cm³/mol. The van der Waals surface area contributed by atoms with Crippen molar-refractivity contribution in [1.82, 2.24) is 4.98 Å². The minimum absolute atomic E-state index is 0.0748. The molecule has 0 bridgehead atoms. The van der Waals surface area contributed by atoms with E-state index in [4.69, 9.17) is 21.6 Å². The fourth-order valence-electron chi connectivity index (χ4n) is 1.02. The van der Waals surface area contributed by atoms with Crippen molar-refractivity contribution in [3.05, 3.63) is 28.5 Å². The molecule has 1 rings (SSSR count). The smallest absolute Gasteiger partial charge is 0.310 e. The second-order valence-electron chi connectivity index (χ2n) is 2.74. The van der Waals surface area contributed by atoms with Gasteiger partial charge in [0.15, 0.2) is 0 Å². The monoisotopic (exact) mass is 224 g/mol. The highest BCUT2D eigenvalue weighted by Crippen LogP contribution is 2.14. The molecule has 0 unspecified atom stereocenters. The first kappa shape index (κ1) is 11.5. The van der Waals surface area contributed by atoms with E-state index in [1.165, 1.54) is 6.07 Å². The normalized spacial score (nSPS) is 9.40. The zero-order chi connectivity index (χ0) is 11.3. The van der Waals surface area contributed by atoms with E-state index in [9.17, 15) is 4.79 Å². The molecule has 0 aliphatic carbocycles. The molecule has 0 aliphatic heterocycles. The molecule has 5 heteroatoms. The van der Waals surface area contributed by atoms with E-state index in [1.807, 2.05) is 6.07 Å². The molecule has 15 heavy (non-hydrogen) atoms. The Morgan fingerprint density at radius 1 is 1.67 bits per heavy atom. The highest BCUT2D eigenvalue weighted by atomic mass is 35.5. The van der Waals surface area contributed by atoms with Crippen molar-refractivity contribution in [1.29, 1.82) is 5.26 Å². The summed E-state index contributed by atoms with van der Waals surface area (Å²) in [4.78, 5) is 14.9. The van der Waals surface area contributed by atoms with Crippen LogP contribution in [0.25, 0.3) is 0 Å². The number of halogens is 1. The molecule has 0 saturated carbocycles. The van der Waals surface area contributed by atoms with Crippen LogP contribution in [0.15, 0.2) is 12.1 Å². The van der Waals surface area contributed by atoms with Gasteiger partial charge in [-0.25, -0.2) is 4.98 Å². The van der Waals surface area contributed by atoms with Crippen LogP contribution in [0.3, 0.4) is 0 Å². The minimum Gasteiger partial charge on any atom is -0.466 e. The highest BCUT2D eigenvalue weighted by Gasteiger charge is 2.09. The SMILES string of the molecule is CCOC(=O)Cc1ccc(C#N)nc1Cl. The summed E-state index contributed by atoms with van der Waals surface area (Å²) in [6, 6.07) is 4.98. The maximum atomic E-state index is 11.1. The summed E-state index contributed by atoms with van der Waals surface area (Å²) < 4.78 is 4.77. The summed E-state index contributed by atoms with van der Waals surface area (Å²) >= 11 is 5.78. The van der Waals surface area contributed by atoms with E-state index in [1.54, 1.807) is 13.0 Å². The first-order valence-corrected chi connectivity index (χ1v) is 4.76. The van der Waals surface area contributed by atoms with Gasteiger partial charge in [0.05, 0.1) is 13.0 Å². The number of carbonyl (C=O) groups is 1. The van der Waals surface area contributed by atoms with Crippen molar-refractivity contribution in [2.75, 3.05) is 6.61 Å². The number of carbonyl (C=O) groups excluding carboxylic acids is 1. The van der Waals surface area contributed by atoms with Gasteiger partial charge in [-0.1, -0.05) is 17.7 Å². The Morgan fingerprint density at radius 3 is 2.93 bits per heavy atom. The molecule has 0 radical (unpaired) electrons. The maximum Gasteiger partial charge on any atom is 0.310 e. The summed E-state index contributed by atoms with van der Waals surface area (Å²) in [5.74, 6) is -0.356. The lowest BCUT2D eigenvalue weighted by Crippen LogP contribution is -2.08. The van der Waals surface area contributed by atoms with Gasteiger partial charge in [0, 0.05) is 5.56 Å². The van der Waals surface area contributed by atoms with Crippen LogP contribution >= 0.6 is 11.6 Å². The third-order valence-electron chi connectivity index (χ3n) is 1.68. The molecule has 0 spiro atoms. The number of pyridine rings is 1. The zero-order valence-electron chi connectivity index (χ0n) is 8.16. The summed E-state index contributed by atoms with van der Waals surface area (Å²) in [6.07, 6.45) is 0.0748. The Morgan fingerprint density at radius 2 is 2.40 bits per heavy atom. The Labute approximate surface area is 92.4 Å². The van der Waals surface area contributed by atoms with Crippen LogP contribution in [0.5, 0.6) is 0 Å². The van der Waals surface area contributed by atoms with Crippen molar-refractivity contribution in [3.63, 3.8) is 0 Å². The van der Waals surface area contributed by atoms with E-state index in [0.717, 1.165) is 0 Å². The molecule has 0 aliphatic rings. The lowest BCUT2D eigenvalue weighted by molar-refractivity contribution is -0.142. The molecule has 0 amide bonds. The Balaban J connectivity index is 2.79. The second kappa shape index (κ2) is 5.32. The van der Waals surface area contributed by atoms with Crippen molar-refractivity contribution >= 4 is 17.6 Å². The average Bonchev–Trinajstić information content (AvgIpc) is 2.21. The molecule has 0 aromatic carbocycles. The molecule has 78 valence electrons. The first-order chi connectivity index (χ1) is 7.17. The topological polar surface area (TPSA) is 63.0 Å². The van der Waals surface area contributed by atoms with E-state index in [0.29, 0.717) is 12.2 Å². The van der Waals surface area contributed by atoms with E-state index < -0.39 is 0 Å².